The van der Waals surface area contributed by atoms with Gasteiger partial charge in [0.05, 0.1) is 27.8 Å². The molecular formula is C34H41NO6S2. The number of carboxylic acid groups (broad SMARTS) is 1. The molecule has 3 heterocycles. The SMILES string of the molecule is C=C(C1=CC2=C3Sc4ccccc4N3CCC2OC1CCC)C(C)(CCCCCC(=O)O)c1cc(S(=O)(=O)O)ccc1C. The van der Waals surface area contributed by atoms with Crippen LogP contribution >= 0.6 is 11.8 Å². The number of fused-ring (bicyclic) bond motifs is 4. The van der Waals surface area contributed by atoms with Crippen LogP contribution in [0, 0.1) is 6.92 Å². The van der Waals surface area contributed by atoms with Gasteiger partial charge in [-0.25, -0.2) is 0 Å². The summed E-state index contributed by atoms with van der Waals surface area (Å²) in [6.07, 6.45) is 7.56. The first-order chi connectivity index (χ1) is 20.4. The van der Waals surface area contributed by atoms with E-state index in [0.29, 0.717) is 12.8 Å². The number of unbranched alkanes of at least 4 members (excludes halogenated alkanes) is 2. The molecule has 0 bridgehead atoms. The van der Waals surface area contributed by atoms with E-state index in [4.69, 9.17) is 9.84 Å². The van der Waals surface area contributed by atoms with Crippen LogP contribution in [0.2, 0.25) is 0 Å². The van der Waals surface area contributed by atoms with E-state index < -0.39 is 21.5 Å². The lowest BCUT2D eigenvalue weighted by Crippen LogP contribution is -2.40. The highest BCUT2D eigenvalue weighted by Gasteiger charge is 2.42. The molecule has 3 aliphatic rings. The van der Waals surface area contributed by atoms with E-state index in [2.05, 4.69) is 55.7 Å². The lowest BCUT2D eigenvalue weighted by molar-refractivity contribution is -0.137. The fourth-order valence-electron chi connectivity index (χ4n) is 6.66. The van der Waals surface area contributed by atoms with Crippen molar-refractivity contribution < 1.29 is 27.6 Å². The quantitative estimate of drug-likeness (QED) is 0.182. The van der Waals surface area contributed by atoms with Crippen molar-refractivity contribution >= 4 is 33.5 Å². The van der Waals surface area contributed by atoms with E-state index in [1.807, 2.05) is 6.92 Å². The van der Waals surface area contributed by atoms with Gasteiger partial charge in [-0.05, 0) is 85.2 Å². The molecule has 9 heteroatoms. The van der Waals surface area contributed by atoms with Crippen LogP contribution in [-0.4, -0.2) is 42.8 Å². The minimum absolute atomic E-state index is 0.00645. The Labute approximate surface area is 259 Å². The minimum Gasteiger partial charge on any atom is -0.481 e. The van der Waals surface area contributed by atoms with Gasteiger partial charge in [-0.3, -0.25) is 9.35 Å². The normalized spacial score (nSPS) is 21.0. The second-order valence-electron chi connectivity index (χ2n) is 12.0. The second-order valence-corrected chi connectivity index (χ2v) is 14.4. The predicted molar refractivity (Wildman–Crippen MR) is 171 cm³/mol. The van der Waals surface area contributed by atoms with Gasteiger partial charge in [0.1, 0.15) is 0 Å². The largest absolute Gasteiger partial charge is 0.481 e. The Morgan fingerprint density at radius 1 is 1.19 bits per heavy atom. The van der Waals surface area contributed by atoms with Crippen molar-refractivity contribution in [2.45, 2.75) is 99.6 Å². The third kappa shape index (κ3) is 6.36. The van der Waals surface area contributed by atoms with Crippen molar-refractivity contribution in [2.75, 3.05) is 11.4 Å². The molecule has 3 aliphatic heterocycles. The Morgan fingerprint density at radius 2 is 1.95 bits per heavy atom. The number of carbonyl (C=O) groups is 1. The average Bonchev–Trinajstić information content (AvgIpc) is 3.35. The van der Waals surface area contributed by atoms with Crippen molar-refractivity contribution in [3.8, 4) is 0 Å². The van der Waals surface area contributed by atoms with Crippen LogP contribution in [-0.2, 0) is 25.1 Å². The van der Waals surface area contributed by atoms with E-state index in [0.717, 1.165) is 66.5 Å². The number of carboxylic acids is 1. The van der Waals surface area contributed by atoms with Crippen LogP contribution in [0.1, 0.15) is 76.3 Å². The Balaban J connectivity index is 1.59. The van der Waals surface area contributed by atoms with Gasteiger partial charge in [-0.2, -0.15) is 8.42 Å². The number of benzene rings is 2. The van der Waals surface area contributed by atoms with E-state index in [-0.39, 0.29) is 23.5 Å². The standard InChI is InChI=1S/C34H41NO6S2/c1-5-11-29-25(21-26-30(41-29)17-19-35-28-12-8-9-13-31(28)42-33(26)35)23(3)34(4,18-10-6-7-14-32(36)37)27-20-24(43(38,39)40)16-15-22(27)2/h8-9,12-13,15-16,20-21,29-30H,3,5-7,10-11,14,17-19H2,1-2,4H3,(H,36,37)(H,38,39,40). The van der Waals surface area contributed by atoms with Crippen molar-refractivity contribution in [3.63, 3.8) is 0 Å². The summed E-state index contributed by atoms with van der Waals surface area (Å²) < 4.78 is 41.1. The average molecular weight is 624 g/mol. The number of hydrogen-bond donors (Lipinski definition) is 2. The number of aliphatic carboxylic acids is 1. The zero-order valence-corrected chi connectivity index (χ0v) is 26.8. The molecule has 2 aromatic rings. The van der Waals surface area contributed by atoms with Gasteiger partial charge in [0.15, 0.2) is 0 Å². The maximum absolute atomic E-state index is 12.2. The van der Waals surface area contributed by atoms with Crippen LogP contribution in [0.25, 0.3) is 0 Å². The maximum Gasteiger partial charge on any atom is 0.303 e. The van der Waals surface area contributed by atoms with Gasteiger partial charge in [0.25, 0.3) is 10.1 Å². The molecule has 7 nitrogen and oxygen atoms in total. The van der Waals surface area contributed by atoms with Crippen molar-refractivity contribution in [3.05, 3.63) is 88.0 Å². The molecule has 0 fully saturated rings. The smallest absolute Gasteiger partial charge is 0.303 e. The second kappa shape index (κ2) is 12.6. The van der Waals surface area contributed by atoms with Gasteiger partial charge in [-0.15, -0.1) is 0 Å². The number of rotatable bonds is 12. The third-order valence-corrected chi connectivity index (χ3v) is 11.1. The Kier molecular flexibility index (Phi) is 9.28. The lowest BCUT2D eigenvalue weighted by atomic mass is 9.67. The number of ether oxygens (including phenoxy) is 1. The Hall–Kier alpha value is -2.85. The summed E-state index contributed by atoms with van der Waals surface area (Å²) in [4.78, 5) is 14.6. The number of hydrogen-bond acceptors (Lipinski definition) is 6. The number of nitrogens with zero attached hydrogens (tertiary/aromatic N) is 1. The topological polar surface area (TPSA) is 104 Å². The zero-order chi connectivity index (χ0) is 30.9. The van der Waals surface area contributed by atoms with E-state index in [1.54, 1.807) is 23.9 Å². The molecule has 2 aromatic carbocycles. The molecule has 0 aliphatic carbocycles. The monoisotopic (exact) mass is 623 g/mol. The fraction of sp³-hybridized carbons (Fsp3) is 0.441. The van der Waals surface area contributed by atoms with Crippen molar-refractivity contribution in [1.82, 2.24) is 0 Å². The van der Waals surface area contributed by atoms with E-state index >= 15 is 0 Å². The van der Waals surface area contributed by atoms with Crippen LogP contribution in [0.4, 0.5) is 5.69 Å². The first kappa shape index (κ1) is 31.6. The summed E-state index contributed by atoms with van der Waals surface area (Å²) in [7, 11) is -4.41. The van der Waals surface area contributed by atoms with Gasteiger partial charge >= 0.3 is 5.97 Å². The lowest BCUT2D eigenvalue weighted by Gasteiger charge is -2.43. The first-order valence-corrected chi connectivity index (χ1v) is 17.4. The molecule has 2 N–H and O–H groups in total. The number of aryl methyl sites for hydroxylation is 1. The predicted octanol–water partition coefficient (Wildman–Crippen LogP) is 7.81. The molecule has 230 valence electrons. The summed E-state index contributed by atoms with van der Waals surface area (Å²) in [5, 5.41) is 10.3. The molecule has 0 amide bonds. The van der Waals surface area contributed by atoms with Crippen molar-refractivity contribution in [1.29, 1.82) is 0 Å². The maximum atomic E-state index is 12.2. The van der Waals surface area contributed by atoms with Crippen molar-refractivity contribution in [2.24, 2.45) is 0 Å². The zero-order valence-electron chi connectivity index (χ0n) is 25.1. The van der Waals surface area contributed by atoms with E-state index in [1.165, 1.54) is 21.7 Å². The minimum atomic E-state index is -4.41. The number of thioether (sulfide) groups is 1. The summed E-state index contributed by atoms with van der Waals surface area (Å²) in [5.41, 5.74) is 5.26. The van der Waals surface area contributed by atoms with Gasteiger partial charge < -0.3 is 14.7 Å². The van der Waals surface area contributed by atoms with Crippen LogP contribution in [0.15, 0.2) is 86.7 Å². The van der Waals surface area contributed by atoms with Gasteiger partial charge in [0.2, 0.25) is 0 Å². The molecule has 5 rings (SSSR count). The molecule has 0 spiro atoms. The molecule has 0 radical (unpaired) electrons. The summed E-state index contributed by atoms with van der Waals surface area (Å²) in [6, 6.07) is 13.2. The van der Waals surface area contributed by atoms with Crippen LogP contribution in [0.3, 0.4) is 0 Å². The molecule has 0 aromatic heterocycles. The molecule has 43 heavy (non-hydrogen) atoms. The van der Waals surface area contributed by atoms with Gasteiger partial charge in [0, 0.05) is 28.8 Å². The third-order valence-electron chi connectivity index (χ3n) is 9.04. The molecule has 3 atom stereocenters. The molecule has 3 unspecified atom stereocenters. The first-order valence-electron chi connectivity index (χ1n) is 15.1. The number of anilines is 1. The fourth-order valence-corrected chi connectivity index (χ4v) is 8.41. The molecular weight excluding hydrogens is 583 g/mol. The summed E-state index contributed by atoms with van der Waals surface area (Å²) >= 11 is 1.78. The van der Waals surface area contributed by atoms with Crippen LogP contribution in [0.5, 0.6) is 0 Å². The van der Waals surface area contributed by atoms with Crippen LogP contribution < -0.4 is 4.90 Å². The Bertz CT molecular complexity index is 1590. The molecule has 0 saturated carbocycles. The summed E-state index contributed by atoms with van der Waals surface area (Å²) in [5.74, 6) is -0.812. The Morgan fingerprint density at radius 3 is 2.67 bits per heavy atom. The number of para-hydroxylation sites is 1. The highest BCUT2D eigenvalue weighted by molar-refractivity contribution is 8.03. The highest BCUT2D eigenvalue weighted by atomic mass is 32.2. The molecule has 0 saturated heterocycles. The highest BCUT2D eigenvalue weighted by Crippen LogP contribution is 2.53. The summed E-state index contributed by atoms with van der Waals surface area (Å²) in [6.45, 7) is 11.8. The van der Waals surface area contributed by atoms with Gasteiger partial charge in [-0.1, -0.05) is 69.6 Å². The van der Waals surface area contributed by atoms with E-state index in [9.17, 15) is 17.8 Å².